The summed E-state index contributed by atoms with van der Waals surface area (Å²) in [7, 11) is 0. The third kappa shape index (κ3) is 5.08. The first-order chi connectivity index (χ1) is 17.1. The van der Waals surface area contributed by atoms with Crippen molar-refractivity contribution in [2.45, 2.75) is 83.5 Å². The lowest BCUT2D eigenvalue weighted by molar-refractivity contribution is 0.0220. The highest BCUT2D eigenvalue weighted by Crippen LogP contribution is 2.42. The maximum Gasteiger partial charge on any atom is 0.410 e. The summed E-state index contributed by atoms with van der Waals surface area (Å²) in [6, 6.07) is 0.0468. The molecule has 2 saturated heterocycles. The molecule has 2 unspecified atom stereocenters. The van der Waals surface area contributed by atoms with Gasteiger partial charge in [0.05, 0.1) is 18.6 Å². The number of hydrogen-bond acceptors (Lipinski definition) is 5. The Balaban J connectivity index is 1.52. The van der Waals surface area contributed by atoms with E-state index in [-0.39, 0.29) is 29.7 Å². The van der Waals surface area contributed by atoms with Crippen molar-refractivity contribution in [3.63, 3.8) is 0 Å². The molecule has 2 fully saturated rings. The van der Waals surface area contributed by atoms with Gasteiger partial charge in [-0.1, -0.05) is 28.1 Å². The van der Waals surface area contributed by atoms with Gasteiger partial charge < -0.3 is 19.3 Å². The topological polar surface area (TPSA) is 59.8 Å². The van der Waals surface area contributed by atoms with Crippen molar-refractivity contribution in [2.24, 2.45) is 5.92 Å². The van der Waals surface area contributed by atoms with Gasteiger partial charge in [-0.05, 0) is 46.5 Å². The molecule has 0 bridgehead atoms. The van der Waals surface area contributed by atoms with Gasteiger partial charge in [0.15, 0.2) is 5.82 Å². The average molecular weight is 569 g/mol. The van der Waals surface area contributed by atoms with Crippen molar-refractivity contribution in [2.75, 3.05) is 31.2 Å². The maximum atomic E-state index is 13.8. The second-order valence-electron chi connectivity index (χ2n) is 11.1. The molecule has 10 heteroatoms. The summed E-state index contributed by atoms with van der Waals surface area (Å²) < 4.78 is 41.5. The highest BCUT2D eigenvalue weighted by molar-refractivity contribution is 9.12. The molecule has 0 aromatic carbocycles. The number of fused-ring (bicyclic) bond motifs is 2. The van der Waals surface area contributed by atoms with Crippen LogP contribution in [0.4, 0.5) is 19.4 Å². The Morgan fingerprint density at radius 3 is 2.64 bits per heavy atom. The molecule has 1 aliphatic carbocycles. The number of piperidine rings is 1. The van der Waals surface area contributed by atoms with Crippen LogP contribution in [0, 0.1) is 5.92 Å². The zero-order valence-corrected chi connectivity index (χ0v) is 22.8. The maximum absolute atomic E-state index is 13.8. The van der Waals surface area contributed by atoms with Gasteiger partial charge in [-0.2, -0.15) is 5.10 Å². The Morgan fingerprint density at radius 1 is 1.19 bits per heavy atom. The van der Waals surface area contributed by atoms with Gasteiger partial charge in [0.1, 0.15) is 5.60 Å². The van der Waals surface area contributed by atoms with E-state index in [1.54, 1.807) is 11.0 Å². The first-order valence-corrected chi connectivity index (χ1v) is 13.7. The monoisotopic (exact) mass is 568 g/mol. The summed E-state index contributed by atoms with van der Waals surface area (Å²) in [5, 5.41) is 5.15. The van der Waals surface area contributed by atoms with E-state index in [2.05, 4.69) is 25.5 Å². The van der Waals surface area contributed by atoms with Crippen molar-refractivity contribution in [3.8, 4) is 0 Å². The lowest BCUT2D eigenvalue weighted by Crippen LogP contribution is -2.46. The summed E-state index contributed by atoms with van der Waals surface area (Å²) in [4.78, 5) is 16.9. The third-order valence-electron chi connectivity index (χ3n) is 7.48. The van der Waals surface area contributed by atoms with Crippen molar-refractivity contribution in [3.05, 3.63) is 33.5 Å². The molecule has 198 valence electrons. The summed E-state index contributed by atoms with van der Waals surface area (Å²) in [6.07, 6.45) is 5.13. The summed E-state index contributed by atoms with van der Waals surface area (Å²) >= 11 is 3.36. The van der Waals surface area contributed by atoms with Crippen LogP contribution in [-0.4, -0.2) is 65.1 Å². The zero-order valence-electron chi connectivity index (χ0n) is 21.2. The normalized spacial score (nSPS) is 25.3. The summed E-state index contributed by atoms with van der Waals surface area (Å²) in [5.41, 5.74) is 1.62. The zero-order chi connectivity index (χ0) is 25.6. The SMILES string of the molecule is CC(C)(C)OC(=O)N1CCc2c(c(N3CCCC4C=C(Br)C(C(F)F)=CC43)nn2C2CCOCC2)C1. The Labute approximate surface area is 219 Å². The second-order valence-corrected chi connectivity index (χ2v) is 12.0. The number of carbonyl (C=O) groups is 1. The molecule has 5 rings (SSSR count). The predicted octanol–water partition coefficient (Wildman–Crippen LogP) is 5.60. The van der Waals surface area contributed by atoms with Crippen LogP contribution in [0.25, 0.3) is 0 Å². The van der Waals surface area contributed by atoms with Gasteiger partial charge in [-0.15, -0.1) is 0 Å². The number of allylic oxidation sites excluding steroid dienone is 2. The number of ether oxygens (including phenoxy) is 2. The number of amides is 1. The van der Waals surface area contributed by atoms with Crippen LogP contribution in [0.5, 0.6) is 0 Å². The molecule has 2 atom stereocenters. The molecule has 0 saturated carbocycles. The van der Waals surface area contributed by atoms with E-state index >= 15 is 0 Å². The fourth-order valence-electron chi connectivity index (χ4n) is 5.79. The van der Waals surface area contributed by atoms with Crippen LogP contribution < -0.4 is 4.90 Å². The van der Waals surface area contributed by atoms with Crippen molar-refractivity contribution >= 4 is 27.8 Å². The second kappa shape index (κ2) is 10.1. The first-order valence-electron chi connectivity index (χ1n) is 12.9. The number of aromatic nitrogens is 2. The number of alkyl halides is 2. The van der Waals surface area contributed by atoms with Gasteiger partial charge in [-0.3, -0.25) is 4.68 Å². The number of halogens is 3. The summed E-state index contributed by atoms with van der Waals surface area (Å²) in [5.74, 6) is 0.945. The first kappa shape index (κ1) is 25.7. The summed E-state index contributed by atoms with van der Waals surface area (Å²) in [6.45, 7) is 8.70. The van der Waals surface area contributed by atoms with Gasteiger partial charge in [-0.25, -0.2) is 13.6 Å². The van der Waals surface area contributed by atoms with Crippen LogP contribution in [0.2, 0.25) is 0 Å². The van der Waals surface area contributed by atoms with E-state index in [1.807, 2.05) is 26.8 Å². The minimum absolute atomic E-state index is 0.0382. The Hall–Kier alpha value is -1.94. The predicted molar refractivity (Wildman–Crippen MR) is 137 cm³/mol. The number of hydrogen-bond donors (Lipinski definition) is 0. The molecule has 0 N–H and O–H groups in total. The minimum Gasteiger partial charge on any atom is -0.444 e. The Morgan fingerprint density at radius 2 is 1.94 bits per heavy atom. The fraction of sp³-hybridized carbons (Fsp3) is 0.692. The van der Waals surface area contributed by atoms with Crippen LogP contribution >= 0.6 is 15.9 Å². The Kier molecular flexibility index (Phi) is 7.20. The molecule has 7 nitrogen and oxygen atoms in total. The standard InChI is InChI=1S/C26H35BrF2N4O3/c1-26(2,3)36-25(34)31-10-6-21-19(15-31)24(30-33(21)17-7-11-35-12-8-17)32-9-4-5-16-13-20(27)18(23(28)29)14-22(16)32/h13-14,16-17,22-23H,4-12,15H2,1-3H3. The molecular formula is C26H35BrF2N4O3. The molecular weight excluding hydrogens is 534 g/mol. The highest BCUT2D eigenvalue weighted by atomic mass is 79.9. The molecule has 36 heavy (non-hydrogen) atoms. The smallest absolute Gasteiger partial charge is 0.410 e. The largest absolute Gasteiger partial charge is 0.444 e. The van der Waals surface area contributed by atoms with Crippen molar-refractivity contribution < 1.29 is 23.0 Å². The van der Waals surface area contributed by atoms with E-state index in [4.69, 9.17) is 14.6 Å². The number of carbonyl (C=O) groups excluding carboxylic acids is 1. The molecule has 4 aliphatic rings. The van der Waals surface area contributed by atoms with E-state index in [9.17, 15) is 13.6 Å². The van der Waals surface area contributed by atoms with Crippen molar-refractivity contribution in [1.29, 1.82) is 0 Å². The van der Waals surface area contributed by atoms with Crippen LogP contribution in [0.1, 0.15) is 63.8 Å². The van der Waals surface area contributed by atoms with Gasteiger partial charge >= 0.3 is 6.09 Å². The molecule has 1 amide bonds. The molecule has 0 spiro atoms. The van der Waals surface area contributed by atoms with E-state index in [0.29, 0.717) is 37.2 Å². The van der Waals surface area contributed by atoms with E-state index < -0.39 is 12.0 Å². The molecule has 0 radical (unpaired) electrons. The third-order valence-corrected chi connectivity index (χ3v) is 8.20. The quantitative estimate of drug-likeness (QED) is 0.475. The van der Waals surface area contributed by atoms with Crippen LogP contribution in [0.3, 0.4) is 0 Å². The fourth-order valence-corrected chi connectivity index (χ4v) is 6.43. The van der Waals surface area contributed by atoms with Crippen molar-refractivity contribution in [1.82, 2.24) is 14.7 Å². The minimum atomic E-state index is -2.54. The highest BCUT2D eigenvalue weighted by Gasteiger charge is 2.39. The molecule has 1 aromatic heterocycles. The van der Waals surface area contributed by atoms with Gasteiger partial charge in [0, 0.05) is 60.0 Å². The van der Waals surface area contributed by atoms with E-state index in [0.717, 1.165) is 49.3 Å². The molecule has 4 heterocycles. The van der Waals surface area contributed by atoms with Crippen LogP contribution in [-0.2, 0) is 22.4 Å². The lowest BCUT2D eigenvalue weighted by Gasteiger charge is -2.42. The number of rotatable bonds is 3. The van der Waals surface area contributed by atoms with Gasteiger partial charge in [0.25, 0.3) is 6.43 Å². The average Bonchev–Trinajstić information content (AvgIpc) is 3.21. The lowest BCUT2D eigenvalue weighted by atomic mass is 9.83. The Bertz CT molecular complexity index is 1060. The van der Waals surface area contributed by atoms with Gasteiger partial charge in [0.2, 0.25) is 0 Å². The molecule has 1 aromatic rings. The number of anilines is 1. The van der Waals surface area contributed by atoms with E-state index in [1.165, 1.54) is 0 Å². The molecule has 3 aliphatic heterocycles. The van der Waals surface area contributed by atoms with Crippen LogP contribution in [0.15, 0.2) is 22.2 Å². The number of nitrogens with zero attached hydrogens (tertiary/aromatic N) is 4.